The van der Waals surface area contributed by atoms with Crippen LogP contribution in [0, 0.1) is 11.8 Å². The molecule has 0 radical (unpaired) electrons. The first-order valence-corrected chi connectivity index (χ1v) is 9.42. The van der Waals surface area contributed by atoms with E-state index in [0.717, 1.165) is 6.42 Å². The largest absolute Gasteiger partial charge is 0.519 e. The van der Waals surface area contributed by atoms with E-state index < -0.39 is 26.2 Å². The van der Waals surface area contributed by atoms with E-state index in [0.29, 0.717) is 12.3 Å². The molecule has 0 aromatic heterocycles. The fourth-order valence-electron chi connectivity index (χ4n) is 1.37. The van der Waals surface area contributed by atoms with Gasteiger partial charge in [0.15, 0.2) is 5.92 Å². The lowest BCUT2D eigenvalue weighted by atomic mass is 9.94. The SMILES string of the molecule is CCC(C)CC(C(=O)OC)C(=O)O[Si](C)(C)C. The molecule has 0 aromatic carbocycles. The maximum Gasteiger partial charge on any atom is 0.319 e. The predicted octanol–water partition coefficient (Wildman–Crippen LogP) is 2.59. The van der Waals surface area contributed by atoms with Crippen LogP contribution < -0.4 is 0 Å². The third-order valence-corrected chi connectivity index (χ3v) is 3.33. The predicted molar refractivity (Wildman–Crippen MR) is 69.0 cm³/mol. The number of carbonyl (C=O) groups is 2. The third-order valence-electron chi connectivity index (χ3n) is 2.51. The summed E-state index contributed by atoms with van der Waals surface area (Å²) in [6, 6.07) is 0. The molecule has 0 saturated heterocycles. The van der Waals surface area contributed by atoms with Gasteiger partial charge in [0, 0.05) is 0 Å². The molecule has 0 amide bonds. The molecule has 0 heterocycles. The lowest BCUT2D eigenvalue weighted by molar-refractivity contribution is -0.156. The van der Waals surface area contributed by atoms with Crippen molar-refractivity contribution >= 4 is 20.3 Å². The topological polar surface area (TPSA) is 52.6 Å². The highest BCUT2D eigenvalue weighted by molar-refractivity contribution is 6.71. The summed E-state index contributed by atoms with van der Waals surface area (Å²) in [6.45, 7) is 9.80. The molecule has 0 aliphatic heterocycles. The van der Waals surface area contributed by atoms with Crippen molar-refractivity contribution in [3.63, 3.8) is 0 Å². The Morgan fingerprint density at radius 3 is 2.06 bits per heavy atom. The van der Waals surface area contributed by atoms with Crippen molar-refractivity contribution in [3.8, 4) is 0 Å². The van der Waals surface area contributed by atoms with Crippen molar-refractivity contribution in [1.82, 2.24) is 0 Å². The highest BCUT2D eigenvalue weighted by Crippen LogP contribution is 2.19. The second kappa shape index (κ2) is 6.79. The van der Waals surface area contributed by atoms with Crippen LogP contribution in [0.25, 0.3) is 0 Å². The summed E-state index contributed by atoms with van der Waals surface area (Å²) < 4.78 is 10.0. The van der Waals surface area contributed by atoms with Crippen LogP contribution in [0.4, 0.5) is 0 Å². The van der Waals surface area contributed by atoms with Crippen molar-refractivity contribution in [2.45, 2.75) is 46.3 Å². The Morgan fingerprint density at radius 1 is 1.18 bits per heavy atom. The number of ether oxygens (including phenoxy) is 1. The molecule has 0 N–H and O–H groups in total. The van der Waals surface area contributed by atoms with E-state index in [1.54, 1.807) is 0 Å². The molecule has 0 saturated carbocycles. The van der Waals surface area contributed by atoms with Gasteiger partial charge in [0.25, 0.3) is 0 Å². The van der Waals surface area contributed by atoms with Crippen LogP contribution in [0.3, 0.4) is 0 Å². The molecular formula is C12H24O4Si. The van der Waals surface area contributed by atoms with Gasteiger partial charge in [-0.25, -0.2) is 0 Å². The van der Waals surface area contributed by atoms with Gasteiger partial charge in [-0.05, 0) is 32.0 Å². The summed E-state index contributed by atoms with van der Waals surface area (Å²) in [6.07, 6.45) is 1.42. The summed E-state index contributed by atoms with van der Waals surface area (Å²) >= 11 is 0. The van der Waals surface area contributed by atoms with Gasteiger partial charge < -0.3 is 9.16 Å². The van der Waals surface area contributed by atoms with E-state index in [9.17, 15) is 9.59 Å². The quantitative estimate of drug-likeness (QED) is 0.418. The van der Waals surface area contributed by atoms with Gasteiger partial charge in [0.2, 0.25) is 8.32 Å². The maximum absolute atomic E-state index is 11.9. The Bertz CT molecular complexity index is 270. The van der Waals surface area contributed by atoms with Crippen LogP contribution in [-0.2, 0) is 18.8 Å². The van der Waals surface area contributed by atoms with Crippen LogP contribution >= 0.6 is 0 Å². The highest BCUT2D eigenvalue weighted by Gasteiger charge is 2.33. The van der Waals surface area contributed by atoms with E-state index in [2.05, 4.69) is 4.74 Å². The fourth-order valence-corrected chi connectivity index (χ4v) is 2.12. The smallest absolute Gasteiger partial charge is 0.319 e. The second-order valence-corrected chi connectivity index (χ2v) is 9.79. The van der Waals surface area contributed by atoms with Crippen molar-refractivity contribution in [3.05, 3.63) is 0 Å². The van der Waals surface area contributed by atoms with Crippen LogP contribution in [-0.4, -0.2) is 27.4 Å². The second-order valence-electron chi connectivity index (χ2n) is 5.36. The number of hydrogen-bond acceptors (Lipinski definition) is 4. The van der Waals surface area contributed by atoms with Gasteiger partial charge in [-0.3, -0.25) is 9.59 Å². The van der Waals surface area contributed by atoms with Crippen molar-refractivity contribution in [2.24, 2.45) is 11.8 Å². The molecule has 0 aliphatic rings. The number of esters is 1. The van der Waals surface area contributed by atoms with Gasteiger partial charge in [-0.1, -0.05) is 20.3 Å². The molecule has 0 aromatic rings. The summed E-state index contributed by atoms with van der Waals surface area (Å²) in [5.41, 5.74) is 0. The minimum absolute atomic E-state index is 0.299. The first-order chi connectivity index (χ1) is 7.71. The zero-order valence-corrected chi connectivity index (χ0v) is 12.7. The lowest BCUT2D eigenvalue weighted by Gasteiger charge is -2.22. The van der Waals surface area contributed by atoms with E-state index >= 15 is 0 Å². The Balaban J connectivity index is 4.68. The number of hydrogen-bond donors (Lipinski definition) is 0. The van der Waals surface area contributed by atoms with Gasteiger partial charge >= 0.3 is 11.9 Å². The number of rotatable bonds is 6. The molecular weight excluding hydrogens is 236 g/mol. The zero-order chi connectivity index (χ0) is 13.6. The maximum atomic E-state index is 11.9. The summed E-state index contributed by atoms with van der Waals surface area (Å²) in [5.74, 6) is -1.40. The normalized spacial score (nSPS) is 14.9. The Hall–Kier alpha value is -0.843. The summed E-state index contributed by atoms with van der Waals surface area (Å²) in [7, 11) is -0.661. The van der Waals surface area contributed by atoms with Gasteiger partial charge in [-0.2, -0.15) is 0 Å². The molecule has 5 heteroatoms. The van der Waals surface area contributed by atoms with Crippen molar-refractivity contribution < 1.29 is 18.8 Å². The molecule has 0 spiro atoms. The molecule has 4 nitrogen and oxygen atoms in total. The monoisotopic (exact) mass is 260 g/mol. The zero-order valence-electron chi connectivity index (χ0n) is 11.7. The first kappa shape index (κ1) is 16.2. The Morgan fingerprint density at radius 2 is 1.71 bits per heavy atom. The Kier molecular flexibility index (Phi) is 6.45. The Labute approximate surface area is 105 Å². The summed E-state index contributed by atoms with van der Waals surface area (Å²) in [5, 5.41) is 0. The average molecular weight is 260 g/mol. The minimum atomic E-state index is -1.96. The van der Waals surface area contributed by atoms with Crippen LogP contribution in [0.1, 0.15) is 26.7 Å². The van der Waals surface area contributed by atoms with Gasteiger partial charge in [-0.15, -0.1) is 0 Å². The number of carbonyl (C=O) groups excluding carboxylic acids is 2. The lowest BCUT2D eigenvalue weighted by Crippen LogP contribution is -2.37. The van der Waals surface area contributed by atoms with E-state index in [-0.39, 0.29) is 0 Å². The minimum Gasteiger partial charge on any atom is -0.519 e. The fraction of sp³-hybridized carbons (Fsp3) is 0.833. The molecule has 0 fully saturated rings. The van der Waals surface area contributed by atoms with Crippen LogP contribution in [0.5, 0.6) is 0 Å². The summed E-state index contributed by atoms with van der Waals surface area (Å²) in [4.78, 5) is 23.5. The molecule has 100 valence electrons. The first-order valence-electron chi connectivity index (χ1n) is 6.02. The van der Waals surface area contributed by atoms with E-state index in [1.165, 1.54) is 7.11 Å². The average Bonchev–Trinajstić information content (AvgIpc) is 2.21. The molecule has 2 atom stereocenters. The van der Waals surface area contributed by atoms with Crippen molar-refractivity contribution in [1.29, 1.82) is 0 Å². The van der Waals surface area contributed by atoms with E-state index in [1.807, 2.05) is 33.5 Å². The van der Waals surface area contributed by atoms with Crippen LogP contribution in [0.2, 0.25) is 19.6 Å². The molecule has 2 unspecified atom stereocenters. The molecule has 0 aliphatic carbocycles. The van der Waals surface area contributed by atoms with E-state index in [4.69, 9.17) is 4.43 Å². The van der Waals surface area contributed by atoms with Gasteiger partial charge in [0.05, 0.1) is 7.11 Å². The van der Waals surface area contributed by atoms with Crippen LogP contribution in [0.15, 0.2) is 0 Å². The van der Waals surface area contributed by atoms with Gasteiger partial charge in [0.1, 0.15) is 0 Å². The highest BCUT2D eigenvalue weighted by atomic mass is 28.4. The standard InChI is InChI=1S/C12H24O4Si/c1-7-9(2)8-10(11(13)15-3)12(14)16-17(4,5)6/h9-10H,7-8H2,1-6H3. The molecule has 0 rings (SSSR count). The number of methoxy groups -OCH3 is 1. The molecule has 17 heavy (non-hydrogen) atoms. The third kappa shape index (κ3) is 6.46. The molecule has 0 bridgehead atoms. The van der Waals surface area contributed by atoms with Crippen molar-refractivity contribution in [2.75, 3.05) is 7.11 Å².